The molecule has 0 bridgehead atoms. The molecule has 2 heterocycles. The number of halogens is 2. The Morgan fingerprint density at radius 3 is 2.74 bits per heavy atom. The zero-order valence-corrected chi connectivity index (χ0v) is 18.2. The molecule has 0 spiro atoms. The van der Waals surface area contributed by atoms with Crippen LogP contribution in [0.15, 0.2) is 72.2 Å². The molecule has 31 heavy (non-hydrogen) atoms. The SMILES string of the molecule is O=C(COc1ccc(Cl)cc1Cl)Oc1cccc(Nc2nc(-c3ccccn3)cs2)c1. The maximum absolute atomic E-state index is 12.1. The van der Waals surface area contributed by atoms with E-state index < -0.39 is 5.97 Å². The lowest BCUT2D eigenvalue weighted by atomic mass is 10.3. The highest BCUT2D eigenvalue weighted by atomic mass is 35.5. The Kier molecular flexibility index (Phi) is 6.66. The number of hydrogen-bond donors (Lipinski definition) is 1. The standard InChI is InChI=1S/C22H15Cl2N3O3S/c23-14-7-8-20(17(24)10-14)29-12-21(28)30-16-5-3-4-15(11-16)26-22-27-19(13-31-22)18-6-1-2-9-25-18/h1-11,13H,12H2,(H,26,27). The molecular formula is C22H15Cl2N3O3S. The Balaban J connectivity index is 1.36. The van der Waals surface area contributed by atoms with Crippen molar-refractivity contribution in [1.29, 1.82) is 0 Å². The van der Waals surface area contributed by atoms with E-state index in [9.17, 15) is 4.79 Å². The molecule has 4 rings (SSSR count). The molecule has 0 aliphatic carbocycles. The Morgan fingerprint density at radius 2 is 1.94 bits per heavy atom. The summed E-state index contributed by atoms with van der Waals surface area (Å²) in [4.78, 5) is 21.0. The third-order valence-electron chi connectivity index (χ3n) is 3.99. The van der Waals surface area contributed by atoms with E-state index in [1.807, 2.05) is 29.6 Å². The van der Waals surface area contributed by atoms with Crippen molar-refractivity contribution in [2.45, 2.75) is 0 Å². The number of hydrogen-bond acceptors (Lipinski definition) is 7. The van der Waals surface area contributed by atoms with Gasteiger partial charge in [-0.25, -0.2) is 9.78 Å². The normalized spacial score (nSPS) is 10.5. The lowest BCUT2D eigenvalue weighted by Gasteiger charge is -2.09. The van der Waals surface area contributed by atoms with Gasteiger partial charge in [-0.3, -0.25) is 4.98 Å². The number of aromatic nitrogens is 2. The molecule has 6 nitrogen and oxygen atoms in total. The first kappa shape index (κ1) is 21.1. The van der Waals surface area contributed by atoms with Crippen LogP contribution in [0.3, 0.4) is 0 Å². The highest BCUT2D eigenvalue weighted by Crippen LogP contribution is 2.29. The summed E-state index contributed by atoms with van der Waals surface area (Å²) in [5.41, 5.74) is 2.32. The van der Waals surface area contributed by atoms with E-state index in [0.717, 1.165) is 17.1 Å². The molecule has 0 fully saturated rings. The van der Waals surface area contributed by atoms with Crippen molar-refractivity contribution in [2.75, 3.05) is 11.9 Å². The maximum Gasteiger partial charge on any atom is 0.349 e. The number of pyridine rings is 1. The molecule has 0 aliphatic heterocycles. The van der Waals surface area contributed by atoms with Gasteiger partial charge in [0.25, 0.3) is 0 Å². The second-order valence-electron chi connectivity index (χ2n) is 6.24. The van der Waals surface area contributed by atoms with Gasteiger partial charge in [0, 0.05) is 28.4 Å². The Labute approximate surface area is 192 Å². The predicted molar refractivity (Wildman–Crippen MR) is 123 cm³/mol. The number of anilines is 2. The Morgan fingerprint density at radius 1 is 1.03 bits per heavy atom. The van der Waals surface area contributed by atoms with Crippen molar-refractivity contribution in [2.24, 2.45) is 0 Å². The second-order valence-corrected chi connectivity index (χ2v) is 7.94. The van der Waals surface area contributed by atoms with Crippen LogP contribution < -0.4 is 14.8 Å². The first-order valence-electron chi connectivity index (χ1n) is 9.09. The molecule has 0 saturated carbocycles. The fraction of sp³-hybridized carbons (Fsp3) is 0.0455. The highest BCUT2D eigenvalue weighted by molar-refractivity contribution is 7.14. The number of benzene rings is 2. The number of rotatable bonds is 7. The molecule has 4 aromatic rings. The van der Waals surface area contributed by atoms with Crippen molar-refractivity contribution in [3.05, 3.63) is 82.3 Å². The van der Waals surface area contributed by atoms with Crippen LogP contribution in [0.1, 0.15) is 0 Å². The van der Waals surface area contributed by atoms with Crippen LogP contribution in [0, 0.1) is 0 Å². The van der Waals surface area contributed by atoms with Gasteiger partial charge in [-0.2, -0.15) is 0 Å². The third-order valence-corrected chi connectivity index (χ3v) is 5.28. The van der Waals surface area contributed by atoms with Crippen LogP contribution in [0.5, 0.6) is 11.5 Å². The van der Waals surface area contributed by atoms with E-state index in [2.05, 4.69) is 15.3 Å². The summed E-state index contributed by atoms with van der Waals surface area (Å²) < 4.78 is 10.8. The molecule has 0 unspecified atom stereocenters. The van der Waals surface area contributed by atoms with Crippen LogP contribution in [0.2, 0.25) is 10.0 Å². The fourth-order valence-electron chi connectivity index (χ4n) is 2.61. The minimum Gasteiger partial charge on any atom is -0.480 e. The molecule has 156 valence electrons. The van der Waals surface area contributed by atoms with Gasteiger partial charge in [-0.05, 0) is 42.5 Å². The number of ether oxygens (including phenoxy) is 2. The lowest BCUT2D eigenvalue weighted by molar-refractivity contribution is -0.136. The van der Waals surface area contributed by atoms with Crippen LogP contribution in [0.25, 0.3) is 11.4 Å². The molecular weight excluding hydrogens is 457 g/mol. The lowest BCUT2D eigenvalue weighted by Crippen LogP contribution is -2.17. The Hall–Kier alpha value is -3.13. The van der Waals surface area contributed by atoms with E-state index in [0.29, 0.717) is 26.7 Å². The smallest absolute Gasteiger partial charge is 0.349 e. The highest BCUT2D eigenvalue weighted by Gasteiger charge is 2.10. The summed E-state index contributed by atoms with van der Waals surface area (Å²) in [5, 5.41) is 6.63. The average molecular weight is 472 g/mol. The predicted octanol–water partition coefficient (Wildman–Crippen LogP) is 6.24. The van der Waals surface area contributed by atoms with Gasteiger partial charge in [0.05, 0.1) is 10.7 Å². The van der Waals surface area contributed by atoms with Crippen molar-refractivity contribution >= 4 is 51.3 Å². The van der Waals surface area contributed by atoms with Crippen LogP contribution in [-0.2, 0) is 4.79 Å². The molecule has 2 aromatic heterocycles. The third kappa shape index (κ3) is 5.73. The molecule has 1 N–H and O–H groups in total. The van der Waals surface area contributed by atoms with Gasteiger partial charge in [-0.1, -0.05) is 35.3 Å². The summed E-state index contributed by atoms with van der Waals surface area (Å²) in [6.07, 6.45) is 1.73. The first-order valence-corrected chi connectivity index (χ1v) is 10.7. The summed E-state index contributed by atoms with van der Waals surface area (Å²) in [6.45, 7) is -0.293. The van der Waals surface area contributed by atoms with Crippen molar-refractivity contribution in [3.63, 3.8) is 0 Å². The van der Waals surface area contributed by atoms with Crippen LogP contribution >= 0.6 is 34.5 Å². The molecule has 0 saturated heterocycles. The summed E-state index contributed by atoms with van der Waals surface area (Å²) >= 11 is 13.3. The second kappa shape index (κ2) is 9.78. The average Bonchev–Trinajstić information content (AvgIpc) is 3.22. The van der Waals surface area contributed by atoms with E-state index in [1.54, 1.807) is 36.5 Å². The number of nitrogens with zero attached hydrogens (tertiary/aromatic N) is 2. The Bertz CT molecular complexity index is 1200. The molecule has 0 atom stereocenters. The monoisotopic (exact) mass is 471 g/mol. The van der Waals surface area contributed by atoms with E-state index in [1.165, 1.54) is 17.4 Å². The van der Waals surface area contributed by atoms with Crippen molar-refractivity contribution < 1.29 is 14.3 Å². The van der Waals surface area contributed by atoms with Gasteiger partial charge in [0.1, 0.15) is 17.2 Å². The molecule has 0 radical (unpaired) electrons. The molecule has 2 aromatic carbocycles. The number of carbonyl (C=O) groups is 1. The molecule has 9 heteroatoms. The largest absolute Gasteiger partial charge is 0.480 e. The van der Waals surface area contributed by atoms with E-state index in [-0.39, 0.29) is 6.61 Å². The van der Waals surface area contributed by atoms with Gasteiger partial charge in [0.2, 0.25) is 0 Å². The summed E-state index contributed by atoms with van der Waals surface area (Å²) in [5.74, 6) is 0.170. The van der Waals surface area contributed by atoms with Gasteiger partial charge in [-0.15, -0.1) is 11.3 Å². The fourth-order valence-corrected chi connectivity index (χ4v) is 3.80. The van der Waals surface area contributed by atoms with Crippen molar-refractivity contribution in [3.8, 4) is 22.9 Å². The number of esters is 1. The number of nitrogens with one attached hydrogen (secondary N) is 1. The quantitative estimate of drug-likeness (QED) is 0.254. The zero-order valence-electron chi connectivity index (χ0n) is 15.9. The van der Waals surface area contributed by atoms with Crippen molar-refractivity contribution in [1.82, 2.24) is 9.97 Å². The van der Waals surface area contributed by atoms with E-state index in [4.69, 9.17) is 32.7 Å². The number of carbonyl (C=O) groups excluding carboxylic acids is 1. The number of thiazole rings is 1. The zero-order chi connectivity index (χ0) is 21.6. The van der Waals surface area contributed by atoms with Gasteiger partial charge >= 0.3 is 5.97 Å². The minimum absolute atomic E-state index is 0.293. The summed E-state index contributed by atoms with van der Waals surface area (Å²) in [7, 11) is 0. The van der Waals surface area contributed by atoms with Gasteiger partial charge in [0.15, 0.2) is 11.7 Å². The first-order chi connectivity index (χ1) is 15.1. The minimum atomic E-state index is -0.560. The summed E-state index contributed by atoms with van der Waals surface area (Å²) in [6, 6.07) is 17.4. The van der Waals surface area contributed by atoms with Crippen LogP contribution in [0.4, 0.5) is 10.8 Å². The molecule has 0 amide bonds. The molecule has 0 aliphatic rings. The maximum atomic E-state index is 12.1. The van der Waals surface area contributed by atoms with Crippen LogP contribution in [-0.4, -0.2) is 22.5 Å². The van der Waals surface area contributed by atoms with E-state index >= 15 is 0 Å². The van der Waals surface area contributed by atoms with Gasteiger partial charge < -0.3 is 14.8 Å². The topological polar surface area (TPSA) is 73.3 Å².